The SMILES string of the molecule is C[C@]1(C(F)(F)F)CNc2cnc3cc(F)nn3c21. The molecule has 0 amide bonds. The van der Waals surface area contributed by atoms with Gasteiger partial charge in [-0.3, -0.25) is 0 Å². The number of hydrogen-bond acceptors (Lipinski definition) is 3. The lowest BCUT2D eigenvalue weighted by molar-refractivity contribution is -0.181. The zero-order valence-corrected chi connectivity index (χ0v) is 9.22. The van der Waals surface area contributed by atoms with Crippen molar-refractivity contribution < 1.29 is 17.6 Å². The van der Waals surface area contributed by atoms with Crippen molar-refractivity contribution >= 4 is 11.3 Å². The predicted octanol–water partition coefficient (Wildman–Crippen LogP) is 2.11. The molecule has 0 fully saturated rings. The predicted molar refractivity (Wildman–Crippen MR) is 54.8 cm³/mol. The van der Waals surface area contributed by atoms with Crippen molar-refractivity contribution in [2.75, 3.05) is 11.9 Å². The highest BCUT2D eigenvalue weighted by atomic mass is 19.4. The van der Waals surface area contributed by atoms with Crippen LogP contribution in [0.5, 0.6) is 0 Å². The normalized spacial score (nSPS) is 23.2. The summed E-state index contributed by atoms with van der Waals surface area (Å²) in [4.78, 5) is 3.85. The van der Waals surface area contributed by atoms with Gasteiger partial charge in [0.05, 0.1) is 17.6 Å². The summed E-state index contributed by atoms with van der Waals surface area (Å²) in [7, 11) is 0. The van der Waals surface area contributed by atoms with Gasteiger partial charge in [-0.1, -0.05) is 0 Å². The maximum atomic E-state index is 13.2. The molecule has 96 valence electrons. The molecule has 3 heterocycles. The summed E-state index contributed by atoms with van der Waals surface area (Å²) in [6.45, 7) is 0.749. The molecule has 1 N–H and O–H groups in total. The van der Waals surface area contributed by atoms with E-state index in [0.29, 0.717) is 0 Å². The highest BCUT2D eigenvalue weighted by Crippen LogP contribution is 2.47. The first kappa shape index (κ1) is 11.2. The van der Waals surface area contributed by atoms with Crippen molar-refractivity contribution in [3.8, 4) is 0 Å². The van der Waals surface area contributed by atoms with Gasteiger partial charge in [0.25, 0.3) is 0 Å². The van der Waals surface area contributed by atoms with Crippen LogP contribution in [0.4, 0.5) is 23.2 Å². The molecule has 0 saturated heterocycles. The van der Waals surface area contributed by atoms with Gasteiger partial charge >= 0.3 is 6.18 Å². The summed E-state index contributed by atoms with van der Waals surface area (Å²) in [5.41, 5.74) is -1.93. The minimum atomic E-state index is -4.46. The zero-order chi connectivity index (χ0) is 13.1. The lowest BCUT2D eigenvalue weighted by Crippen LogP contribution is -2.42. The van der Waals surface area contributed by atoms with Crippen LogP contribution in [0.25, 0.3) is 5.65 Å². The molecule has 0 unspecified atom stereocenters. The molecule has 0 radical (unpaired) electrons. The second-order valence-electron chi connectivity index (χ2n) is 4.44. The van der Waals surface area contributed by atoms with Crippen LogP contribution in [-0.2, 0) is 5.41 Å². The number of halogens is 4. The van der Waals surface area contributed by atoms with Crippen molar-refractivity contribution in [1.82, 2.24) is 14.6 Å². The molecule has 0 spiro atoms. The van der Waals surface area contributed by atoms with Crippen LogP contribution in [0.2, 0.25) is 0 Å². The van der Waals surface area contributed by atoms with E-state index in [1.165, 1.54) is 6.20 Å². The average Bonchev–Trinajstić information content (AvgIpc) is 2.78. The minimum absolute atomic E-state index is 0.0606. The number of nitrogens with zero attached hydrogens (tertiary/aromatic N) is 3. The number of aromatic nitrogens is 3. The van der Waals surface area contributed by atoms with Gasteiger partial charge in [-0.2, -0.15) is 17.6 Å². The highest BCUT2D eigenvalue weighted by molar-refractivity contribution is 5.60. The Hall–Kier alpha value is -1.86. The summed E-state index contributed by atoms with van der Waals surface area (Å²) < 4.78 is 53.5. The fourth-order valence-electron chi connectivity index (χ4n) is 2.16. The summed E-state index contributed by atoms with van der Waals surface area (Å²) in [6.07, 6.45) is -3.19. The number of nitrogens with one attached hydrogen (secondary N) is 1. The van der Waals surface area contributed by atoms with E-state index in [1.54, 1.807) is 0 Å². The quantitative estimate of drug-likeness (QED) is 0.738. The lowest BCUT2D eigenvalue weighted by Gasteiger charge is -2.27. The van der Waals surface area contributed by atoms with Crippen LogP contribution in [0, 0.1) is 5.95 Å². The Balaban J connectivity index is 2.35. The van der Waals surface area contributed by atoms with E-state index in [4.69, 9.17) is 0 Å². The van der Waals surface area contributed by atoms with Gasteiger partial charge in [0.2, 0.25) is 5.95 Å². The van der Waals surface area contributed by atoms with Crippen molar-refractivity contribution in [3.63, 3.8) is 0 Å². The Morgan fingerprint density at radius 3 is 2.83 bits per heavy atom. The van der Waals surface area contributed by atoms with E-state index in [0.717, 1.165) is 17.5 Å². The summed E-state index contributed by atoms with van der Waals surface area (Å²) in [6, 6.07) is 0.995. The molecule has 0 aromatic carbocycles. The van der Waals surface area contributed by atoms with Crippen molar-refractivity contribution in [2.24, 2.45) is 0 Å². The second-order valence-corrected chi connectivity index (χ2v) is 4.44. The number of alkyl halides is 3. The van der Waals surface area contributed by atoms with E-state index in [-0.39, 0.29) is 23.6 Å². The van der Waals surface area contributed by atoms with Crippen LogP contribution in [0.15, 0.2) is 12.3 Å². The maximum Gasteiger partial charge on any atom is 0.401 e. The molecule has 0 aliphatic carbocycles. The first-order chi connectivity index (χ1) is 8.33. The number of fused-ring (bicyclic) bond motifs is 3. The van der Waals surface area contributed by atoms with E-state index in [9.17, 15) is 17.6 Å². The van der Waals surface area contributed by atoms with E-state index >= 15 is 0 Å². The molecule has 18 heavy (non-hydrogen) atoms. The first-order valence-electron chi connectivity index (χ1n) is 5.18. The lowest BCUT2D eigenvalue weighted by atomic mass is 9.88. The molecular formula is C10H8F4N4. The molecule has 4 nitrogen and oxygen atoms in total. The summed E-state index contributed by atoms with van der Waals surface area (Å²) in [5, 5.41) is 6.07. The third-order valence-electron chi connectivity index (χ3n) is 3.23. The van der Waals surface area contributed by atoms with Crippen LogP contribution in [0.3, 0.4) is 0 Å². The van der Waals surface area contributed by atoms with E-state index in [1.807, 2.05) is 0 Å². The average molecular weight is 260 g/mol. The van der Waals surface area contributed by atoms with E-state index in [2.05, 4.69) is 15.4 Å². The minimum Gasteiger partial charge on any atom is -0.381 e. The Bertz CT molecular complexity index is 633. The zero-order valence-electron chi connectivity index (χ0n) is 9.22. The van der Waals surface area contributed by atoms with Gasteiger partial charge in [-0.15, -0.1) is 5.10 Å². The topological polar surface area (TPSA) is 42.2 Å². The Morgan fingerprint density at radius 1 is 1.44 bits per heavy atom. The third kappa shape index (κ3) is 1.25. The molecule has 1 atom stereocenters. The largest absolute Gasteiger partial charge is 0.401 e. The molecule has 0 bridgehead atoms. The first-order valence-corrected chi connectivity index (χ1v) is 5.18. The molecule has 0 saturated carbocycles. The number of rotatable bonds is 0. The molecule has 2 aromatic rings. The maximum absolute atomic E-state index is 13.2. The molecule has 3 rings (SSSR count). The van der Waals surface area contributed by atoms with Crippen molar-refractivity contribution in [2.45, 2.75) is 18.5 Å². The molecular weight excluding hydrogens is 252 g/mol. The van der Waals surface area contributed by atoms with E-state index < -0.39 is 17.5 Å². The Morgan fingerprint density at radius 2 is 2.17 bits per heavy atom. The monoisotopic (exact) mass is 260 g/mol. The Labute approximate surface area is 98.6 Å². The number of anilines is 1. The van der Waals surface area contributed by atoms with Gasteiger partial charge in [0.15, 0.2) is 5.65 Å². The standard InChI is InChI=1S/C10H8F4N4/c1-9(10(12,13)14)4-16-5-3-15-7-2-6(11)17-18(7)8(5)9/h2-3,16H,4H2,1H3/t9-/m0/s1. The second kappa shape index (κ2) is 3.12. The summed E-state index contributed by atoms with van der Waals surface area (Å²) in [5.74, 6) is -0.854. The third-order valence-corrected chi connectivity index (χ3v) is 3.23. The van der Waals surface area contributed by atoms with Gasteiger partial charge in [0.1, 0.15) is 5.41 Å². The van der Waals surface area contributed by atoms with Gasteiger partial charge in [-0.25, -0.2) is 9.50 Å². The molecule has 1 aliphatic heterocycles. The molecule has 8 heteroatoms. The highest BCUT2D eigenvalue weighted by Gasteiger charge is 2.57. The van der Waals surface area contributed by atoms with Crippen molar-refractivity contribution in [1.29, 1.82) is 0 Å². The van der Waals surface area contributed by atoms with Crippen molar-refractivity contribution in [3.05, 3.63) is 23.9 Å². The van der Waals surface area contributed by atoms with Crippen LogP contribution < -0.4 is 5.32 Å². The summed E-state index contributed by atoms with van der Waals surface area (Å²) >= 11 is 0. The molecule has 1 aliphatic rings. The van der Waals surface area contributed by atoms with Crippen LogP contribution in [-0.4, -0.2) is 27.3 Å². The fraction of sp³-hybridized carbons (Fsp3) is 0.400. The van der Waals surface area contributed by atoms with Crippen LogP contribution in [0.1, 0.15) is 12.6 Å². The Kier molecular flexibility index (Phi) is 1.95. The van der Waals surface area contributed by atoms with Crippen LogP contribution >= 0.6 is 0 Å². The van der Waals surface area contributed by atoms with Gasteiger partial charge in [0, 0.05) is 12.6 Å². The number of hydrogen-bond donors (Lipinski definition) is 1. The van der Waals surface area contributed by atoms with Gasteiger partial charge < -0.3 is 5.32 Å². The van der Waals surface area contributed by atoms with Gasteiger partial charge in [-0.05, 0) is 6.92 Å². The smallest absolute Gasteiger partial charge is 0.381 e. The fourth-order valence-corrected chi connectivity index (χ4v) is 2.16. The molecule has 2 aromatic heterocycles.